The maximum absolute atomic E-state index is 12.8. The first-order valence-electron chi connectivity index (χ1n) is 9.04. The Morgan fingerprint density at radius 2 is 2.08 bits per heavy atom. The zero-order valence-corrected chi connectivity index (χ0v) is 16.3. The van der Waals surface area contributed by atoms with E-state index >= 15 is 0 Å². The zero-order valence-electron chi connectivity index (χ0n) is 16.3. The predicted molar refractivity (Wildman–Crippen MR) is 95.7 cm³/mol. The molecule has 25 heavy (non-hydrogen) atoms. The summed E-state index contributed by atoms with van der Waals surface area (Å²) in [7, 11) is 1.90. The highest BCUT2D eigenvalue weighted by Gasteiger charge is 2.45. The van der Waals surface area contributed by atoms with Gasteiger partial charge in [-0.25, -0.2) is 0 Å². The van der Waals surface area contributed by atoms with Gasteiger partial charge in [-0.3, -0.25) is 14.3 Å². The Bertz CT molecular complexity index is 611. The molecule has 1 aromatic rings. The van der Waals surface area contributed by atoms with Crippen molar-refractivity contribution in [3.63, 3.8) is 0 Å². The van der Waals surface area contributed by atoms with Crippen molar-refractivity contribution in [1.29, 1.82) is 0 Å². The number of aromatic nitrogens is 2. The normalized spacial score (nSPS) is 19.6. The number of rotatable bonds is 7. The fourth-order valence-electron chi connectivity index (χ4n) is 3.00. The smallest absolute Gasteiger partial charge is 0.309 e. The van der Waals surface area contributed by atoms with E-state index in [4.69, 9.17) is 4.74 Å². The van der Waals surface area contributed by atoms with Crippen LogP contribution in [0.4, 0.5) is 0 Å². The van der Waals surface area contributed by atoms with Crippen LogP contribution in [0.15, 0.2) is 6.07 Å². The summed E-state index contributed by atoms with van der Waals surface area (Å²) in [6, 6.07) is 2.01. The van der Waals surface area contributed by atoms with Crippen LogP contribution in [-0.4, -0.2) is 39.7 Å². The van der Waals surface area contributed by atoms with Crippen LogP contribution in [0.25, 0.3) is 0 Å². The van der Waals surface area contributed by atoms with E-state index in [1.54, 1.807) is 0 Å². The summed E-state index contributed by atoms with van der Waals surface area (Å²) >= 11 is 0. The predicted octanol–water partition coefficient (Wildman–Crippen LogP) is 2.69. The third-order valence-electron chi connectivity index (χ3n) is 4.52. The van der Waals surface area contributed by atoms with E-state index in [2.05, 4.69) is 25.9 Å². The monoisotopic (exact) mass is 349 g/mol. The Morgan fingerprint density at radius 1 is 1.40 bits per heavy atom. The molecule has 6 heteroatoms. The number of esters is 1. The topological polar surface area (TPSA) is 64.4 Å². The second kappa shape index (κ2) is 7.58. The van der Waals surface area contributed by atoms with E-state index < -0.39 is 0 Å². The molecule has 1 aliphatic carbocycles. The maximum Gasteiger partial charge on any atom is 0.309 e. The fourth-order valence-corrected chi connectivity index (χ4v) is 3.00. The van der Waals surface area contributed by atoms with Crippen molar-refractivity contribution < 1.29 is 14.3 Å². The molecular weight excluding hydrogens is 318 g/mol. The molecule has 1 heterocycles. The maximum atomic E-state index is 12.8. The Kier molecular flexibility index (Phi) is 5.91. The third-order valence-corrected chi connectivity index (χ3v) is 4.52. The number of amides is 1. The number of carbonyl (C=O) groups is 2. The molecular formula is C19H31N3O3. The molecule has 140 valence electrons. The molecule has 2 atom stereocenters. The van der Waals surface area contributed by atoms with Gasteiger partial charge >= 0.3 is 5.97 Å². The quantitative estimate of drug-likeness (QED) is 0.710. The summed E-state index contributed by atoms with van der Waals surface area (Å²) in [5.74, 6) is 0.123. The number of hydrogen-bond acceptors (Lipinski definition) is 4. The molecule has 0 aliphatic heterocycles. The standard InChI is InChI=1S/C19H31N3O3/c1-7-25-18(24)16-9-14(16)11-22(17(23)10-19(3,4)5)12-15-8-13(2)21(6)20-15/h8,14,16H,7,9-12H2,1-6H3. The van der Waals surface area contributed by atoms with Crippen molar-refractivity contribution in [3.05, 3.63) is 17.5 Å². The molecule has 0 aromatic carbocycles. The zero-order chi connectivity index (χ0) is 18.8. The molecule has 2 unspecified atom stereocenters. The molecule has 1 aliphatic rings. The Morgan fingerprint density at radius 3 is 2.60 bits per heavy atom. The summed E-state index contributed by atoms with van der Waals surface area (Å²) in [5.41, 5.74) is 1.88. The van der Waals surface area contributed by atoms with Crippen molar-refractivity contribution in [3.8, 4) is 0 Å². The van der Waals surface area contributed by atoms with Crippen molar-refractivity contribution in [2.75, 3.05) is 13.2 Å². The first-order valence-corrected chi connectivity index (χ1v) is 9.04. The molecule has 0 spiro atoms. The average molecular weight is 349 g/mol. The molecule has 6 nitrogen and oxygen atoms in total. The van der Waals surface area contributed by atoms with Gasteiger partial charge in [0.15, 0.2) is 0 Å². The van der Waals surface area contributed by atoms with Crippen LogP contribution in [0.3, 0.4) is 0 Å². The minimum atomic E-state index is -0.135. The minimum absolute atomic E-state index is 0.0599. The SMILES string of the molecule is CCOC(=O)C1CC1CN(Cc1cc(C)n(C)n1)C(=O)CC(C)(C)C. The van der Waals surface area contributed by atoms with Gasteiger partial charge in [-0.15, -0.1) is 0 Å². The lowest BCUT2D eigenvalue weighted by Crippen LogP contribution is -2.35. The molecule has 1 saturated carbocycles. The lowest BCUT2D eigenvalue weighted by molar-refractivity contribution is -0.145. The van der Waals surface area contributed by atoms with Crippen LogP contribution in [0.2, 0.25) is 0 Å². The summed E-state index contributed by atoms with van der Waals surface area (Å²) < 4.78 is 6.92. The fraction of sp³-hybridized carbons (Fsp3) is 0.737. The number of carbonyl (C=O) groups excluding carboxylic acids is 2. The Hall–Kier alpha value is -1.85. The number of ether oxygens (including phenoxy) is 1. The van der Waals surface area contributed by atoms with Crippen LogP contribution in [-0.2, 0) is 27.9 Å². The molecule has 1 aromatic heterocycles. The second-order valence-electron chi connectivity index (χ2n) is 8.27. The van der Waals surface area contributed by atoms with E-state index in [1.807, 2.05) is 36.5 Å². The molecule has 0 bridgehead atoms. The highest BCUT2D eigenvalue weighted by Crippen LogP contribution is 2.40. The summed E-state index contributed by atoms with van der Waals surface area (Å²) in [5, 5.41) is 4.47. The Balaban J connectivity index is 2.04. The van der Waals surface area contributed by atoms with Gasteiger partial charge in [0.1, 0.15) is 0 Å². The molecule has 0 N–H and O–H groups in total. The van der Waals surface area contributed by atoms with Gasteiger partial charge in [0.25, 0.3) is 0 Å². The van der Waals surface area contributed by atoms with Crippen molar-refractivity contribution in [1.82, 2.24) is 14.7 Å². The molecule has 1 amide bonds. The van der Waals surface area contributed by atoms with Crippen molar-refractivity contribution in [2.45, 2.75) is 54.0 Å². The number of hydrogen-bond donors (Lipinski definition) is 0. The lowest BCUT2D eigenvalue weighted by atomic mass is 9.91. The third kappa shape index (κ3) is 5.58. The summed E-state index contributed by atoms with van der Waals surface area (Å²) in [4.78, 5) is 26.5. The van der Waals surface area contributed by atoms with Gasteiger partial charge in [-0.2, -0.15) is 5.10 Å². The van der Waals surface area contributed by atoms with Gasteiger partial charge in [-0.1, -0.05) is 20.8 Å². The largest absolute Gasteiger partial charge is 0.466 e. The highest BCUT2D eigenvalue weighted by molar-refractivity contribution is 5.78. The van der Waals surface area contributed by atoms with Crippen LogP contribution in [0.5, 0.6) is 0 Å². The molecule has 0 saturated heterocycles. The van der Waals surface area contributed by atoms with Crippen LogP contribution >= 0.6 is 0 Å². The second-order valence-corrected chi connectivity index (χ2v) is 8.27. The first kappa shape index (κ1) is 19.5. The Labute approximate surface area is 150 Å². The molecule has 0 radical (unpaired) electrons. The molecule has 2 rings (SSSR count). The summed E-state index contributed by atoms with van der Waals surface area (Å²) in [6.45, 7) is 11.5. The van der Waals surface area contributed by atoms with Gasteiger partial charge in [-0.05, 0) is 37.7 Å². The minimum Gasteiger partial charge on any atom is -0.466 e. The summed E-state index contributed by atoms with van der Waals surface area (Å²) in [6.07, 6.45) is 1.29. The van der Waals surface area contributed by atoms with Gasteiger partial charge in [0.2, 0.25) is 5.91 Å². The first-order chi connectivity index (χ1) is 11.6. The van der Waals surface area contributed by atoms with Gasteiger partial charge in [0, 0.05) is 25.7 Å². The number of nitrogens with zero attached hydrogens (tertiary/aromatic N) is 3. The van der Waals surface area contributed by atoms with Crippen LogP contribution in [0, 0.1) is 24.2 Å². The molecule has 1 fully saturated rings. The lowest BCUT2D eigenvalue weighted by Gasteiger charge is -2.26. The average Bonchev–Trinajstić information content (AvgIpc) is 3.16. The van der Waals surface area contributed by atoms with Crippen LogP contribution in [0.1, 0.15) is 51.9 Å². The van der Waals surface area contributed by atoms with E-state index in [0.29, 0.717) is 26.1 Å². The van der Waals surface area contributed by atoms with Gasteiger partial charge < -0.3 is 9.64 Å². The van der Waals surface area contributed by atoms with Crippen LogP contribution < -0.4 is 0 Å². The number of aryl methyl sites for hydroxylation is 2. The van der Waals surface area contributed by atoms with E-state index in [-0.39, 0.29) is 29.1 Å². The highest BCUT2D eigenvalue weighted by atomic mass is 16.5. The van der Waals surface area contributed by atoms with E-state index in [1.165, 1.54) is 0 Å². The van der Waals surface area contributed by atoms with Crippen molar-refractivity contribution >= 4 is 11.9 Å². The van der Waals surface area contributed by atoms with E-state index in [9.17, 15) is 9.59 Å². The van der Waals surface area contributed by atoms with Gasteiger partial charge in [0.05, 0.1) is 24.8 Å². The van der Waals surface area contributed by atoms with Crippen molar-refractivity contribution in [2.24, 2.45) is 24.3 Å². The van der Waals surface area contributed by atoms with E-state index in [0.717, 1.165) is 17.8 Å².